The summed E-state index contributed by atoms with van der Waals surface area (Å²) in [6.45, 7) is 2.05. The summed E-state index contributed by atoms with van der Waals surface area (Å²) in [5, 5.41) is 3.67. The number of hydrogen-bond acceptors (Lipinski definition) is 2. The van der Waals surface area contributed by atoms with E-state index in [9.17, 15) is 0 Å². The standard InChI is InChI=1S/C12H24N2/c13-8-11(10-4-1-2-5-10)9-14-12-6-3-7-12/h10-12,14H,1-9,13H2. The molecule has 82 valence electrons. The first-order valence-electron chi connectivity index (χ1n) is 6.33. The Balaban J connectivity index is 1.68. The van der Waals surface area contributed by atoms with Gasteiger partial charge in [-0.2, -0.15) is 0 Å². The average Bonchev–Trinajstić information content (AvgIpc) is 2.62. The average molecular weight is 196 g/mol. The molecule has 2 heteroatoms. The van der Waals surface area contributed by atoms with Crippen molar-refractivity contribution >= 4 is 0 Å². The van der Waals surface area contributed by atoms with Crippen LogP contribution in [0.5, 0.6) is 0 Å². The maximum Gasteiger partial charge on any atom is 0.00672 e. The Labute approximate surface area is 87.6 Å². The van der Waals surface area contributed by atoms with Crippen LogP contribution in [-0.2, 0) is 0 Å². The molecule has 3 N–H and O–H groups in total. The van der Waals surface area contributed by atoms with Crippen molar-refractivity contribution in [1.29, 1.82) is 0 Å². The summed E-state index contributed by atoms with van der Waals surface area (Å²) in [6, 6.07) is 0.824. The molecule has 0 saturated heterocycles. The molecular formula is C12H24N2. The van der Waals surface area contributed by atoms with Crippen LogP contribution in [0.3, 0.4) is 0 Å². The van der Waals surface area contributed by atoms with E-state index in [1.54, 1.807) is 0 Å². The van der Waals surface area contributed by atoms with Gasteiger partial charge < -0.3 is 11.1 Å². The van der Waals surface area contributed by atoms with Crippen LogP contribution in [0.25, 0.3) is 0 Å². The predicted octanol–water partition coefficient (Wildman–Crippen LogP) is 1.89. The van der Waals surface area contributed by atoms with E-state index in [4.69, 9.17) is 5.73 Å². The van der Waals surface area contributed by atoms with Gasteiger partial charge in [0.1, 0.15) is 0 Å². The molecule has 0 spiro atoms. The van der Waals surface area contributed by atoms with Gasteiger partial charge in [-0.3, -0.25) is 0 Å². The molecule has 0 aromatic rings. The summed E-state index contributed by atoms with van der Waals surface area (Å²) >= 11 is 0. The van der Waals surface area contributed by atoms with Gasteiger partial charge in [-0.15, -0.1) is 0 Å². The van der Waals surface area contributed by atoms with E-state index in [0.717, 1.165) is 24.4 Å². The zero-order valence-electron chi connectivity index (χ0n) is 9.17. The first kappa shape index (κ1) is 10.4. The number of nitrogens with two attached hydrogens (primary N) is 1. The fraction of sp³-hybridized carbons (Fsp3) is 1.00. The topological polar surface area (TPSA) is 38.0 Å². The van der Waals surface area contributed by atoms with Gasteiger partial charge in [0.15, 0.2) is 0 Å². The van der Waals surface area contributed by atoms with E-state index in [1.165, 1.54) is 51.5 Å². The molecule has 0 heterocycles. The summed E-state index contributed by atoms with van der Waals surface area (Å²) in [4.78, 5) is 0. The third-order valence-corrected chi connectivity index (χ3v) is 4.14. The minimum Gasteiger partial charge on any atom is -0.330 e. The Morgan fingerprint density at radius 3 is 2.29 bits per heavy atom. The molecule has 1 atom stereocenters. The van der Waals surface area contributed by atoms with E-state index in [1.807, 2.05) is 0 Å². The first-order valence-corrected chi connectivity index (χ1v) is 6.33. The lowest BCUT2D eigenvalue weighted by atomic mass is 9.88. The van der Waals surface area contributed by atoms with Gasteiger partial charge in [0.2, 0.25) is 0 Å². The van der Waals surface area contributed by atoms with Crippen molar-refractivity contribution < 1.29 is 0 Å². The normalized spacial score (nSPS) is 26.4. The van der Waals surface area contributed by atoms with Gasteiger partial charge in [-0.05, 0) is 37.8 Å². The van der Waals surface area contributed by atoms with Crippen LogP contribution in [0.2, 0.25) is 0 Å². The first-order chi connectivity index (χ1) is 6.90. The smallest absolute Gasteiger partial charge is 0.00672 e. The second-order valence-corrected chi connectivity index (χ2v) is 5.08. The Hall–Kier alpha value is -0.0800. The third kappa shape index (κ3) is 2.48. The molecule has 2 fully saturated rings. The number of rotatable bonds is 5. The quantitative estimate of drug-likeness (QED) is 0.705. The highest BCUT2D eigenvalue weighted by molar-refractivity contribution is 4.82. The highest BCUT2D eigenvalue weighted by Crippen LogP contribution is 2.31. The van der Waals surface area contributed by atoms with Crippen molar-refractivity contribution in [3.8, 4) is 0 Å². The van der Waals surface area contributed by atoms with Crippen LogP contribution in [0.15, 0.2) is 0 Å². The third-order valence-electron chi connectivity index (χ3n) is 4.14. The molecule has 0 aliphatic heterocycles. The van der Waals surface area contributed by atoms with Crippen LogP contribution >= 0.6 is 0 Å². The van der Waals surface area contributed by atoms with E-state index in [2.05, 4.69) is 5.32 Å². The molecule has 2 saturated carbocycles. The van der Waals surface area contributed by atoms with Crippen LogP contribution in [0, 0.1) is 11.8 Å². The summed E-state index contributed by atoms with van der Waals surface area (Å²) in [6.07, 6.45) is 9.93. The summed E-state index contributed by atoms with van der Waals surface area (Å²) in [5.74, 6) is 1.67. The number of nitrogens with one attached hydrogen (secondary N) is 1. The lowest BCUT2D eigenvalue weighted by Crippen LogP contribution is -2.41. The van der Waals surface area contributed by atoms with Crippen molar-refractivity contribution in [2.75, 3.05) is 13.1 Å². The summed E-state index contributed by atoms with van der Waals surface area (Å²) in [7, 11) is 0. The summed E-state index contributed by atoms with van der Waals surface area (Å²) in [5.41, 5.74) is 5.86. The molecular weight excluding hydrogens is 172 g/mol. The summed E-state index contributed by atoms with van der Waals surface area (Å²) < 4.78 is 0. The Morgan fingerprint density at radius 2 is 1.79 bits per heavy atom. The van der Waals surface area contributed by atoms with Crippen molar-refractivity contribution in [2.24, 2.45) is 17.6 Å². The van der Waals surface area contributed by atoms with Crippen molar-refractivity contribution in [3.63, 3.8) is 0 Å². The Bertz CT molecular complexity index is 160. The van der Waals surface area contributed by atoms with Crippen LogP contribution in [0.1, 0.15) is 44.9 Å². The fourth-order valence-electron chi connectivity index (χ4n) is 2.80. The Kier molecular flexibility index (Phi) is 3.82. The van der Waals surface area contributed by atoms with Crippen LogP contribution < -0.4 is 11.1 Å². The van der Waals surface area contributed by atoms with Crippen molar-refractivity contribution in [1.82, 2.24) is 5.32 Å². The van der Waals surface area contributed by atoms with Crippen LogP contribution in [-0.4, -0.2) is 19.1 Å². The fourth-order valence-corrected chi connectivity index (χ4v) is 2.80. The molecule has 0 aromatic heterocycles. The Morgan fingerprint density at radius 1 is 1.07 bits per heavy atom. The molecule has 0 bridgehead atoms. The van der Waals surface area contributed by atoms with E-state index < -0.39 is 0 Å². The van der Waals surface area contributed by atoms with Crippen molar-refractivity contribution in [2.45, 2.75) is 51.0 Å². The minimum absolute atomic E-state index is 0.748. The SMILES string of the molecule is NCC(CNC1CCC1)C1CCCC1. The lowest BCUT2D eigenvalue weighted by Gasteiger charge is -2.30. The van der Waals surface area contributed by atoms with E-state index in [0.29, 0.717) is 0 Å². The van der Waals surface area contributed by atoms with E-state index in [-0.39, 0.29) is 0 Å². The second kappa shape index (κ2) is 5.13. The molecule has 14 heavy (non-hydrogen) atoms. The minimum atomic E-state index is 0.748. The van der Waals surface area contributed by atoms with Gasteiger partial charge in [0, 0.05) is 6.04 Å². The monoisotopic (exact) mass is 196 g/mol. The number of hydrogen-bond donors (Lipinski definition) is 2. The molecule has 0 radical (unpaired) electrons. The maximum atomic E-state index is 5.86. The molecule has 2 aliphatic rings. The zero-order chi connectivity index (χ0) is 9.80. The predicted molar refractivity (Wildman–Crippen MR) is 60.1 cm³/mol. The highest BCUT2D eigenvalue weighted by atomic mass is 14.9. The van der Waals surface area contributed by atoms with Gasteiger partial charge in [-0.25, -0.2) is 0 Å². The molecule has 0 aromatic carbocycles. The molecule has 2 nitrogen and oxygen atoms in total. The van der Waals surface area contributed by atoms with E-state index >= 15 is 0 Å². The van der Waals surface area contributed by atoms with Crippen LogP contribution in [0.4, 0.5) is 0 Å². The van der Waals surface area contributed by atoms with Crippen molar-refractivity contribution in [3.05, 3.63) is 0 Å². The second-order valence-electron chi connectivity index (χ2n) is 5.08. The zero-order valence-corrected chi connectivity index (χ0v) is 9.17. The molecule has 2 rings (SSSR count). The molecule has 0 amide bonds. The molecule has 1 unspecified atom stereocenters. The highest BCUT2D eigenvalue weighted by Gasteiger charge is 2.25. The lowest BCUT2D eigenvalue weighted by molar-refractivity contribution is 0.274. The molecule has 2 aliphatic carbocycles. The van der Waals surface area contributed by atoms with Gasteiger partial charge >= 0.3 is 0 Å². The maximum absolute atomic E-state index is 5.86. The largest absolute Gasteiger partial charge is 0.330 e. The van der Waals surface area contributed by atoms with Gasteiger partial charge in [0.05, 0.1) is 0 Å². The van der Waals surface area contributed by atoms with Gasteiger partial charge in [-0.1, -0.05) is 32.1 Å². The van der Waals surface area contributed by atoms with Gasteiger partial charge in [0.25, 0.3) is 0 Å².